The van der Waals surface area contributed by atoms with E-state index in [0.29, 0.717) is 5.75 Å². The predicted molar refractivity (Wildman–Crippen MR) is 138 cm³/mol. The van der Waals surface area contributed by atoms with Crippen molar-refractivity contribution in [3.05, 3.63) is 84.4 Å². The predicted octanol–water partition coefficient (Wildman–Crippen LogP) is 3.54. The van der Waals surface area contributed by atoms with E-state index >= 15 is 0 Å². The van der Waals surface area contributed by atoms with Crippen LogP contribution in [0.5, 0.6) is 11.5 Å². The van der Waals surface area contributed by atoms with Gasteiger partial charge in [-0.05, 0) is 54.1 Å². The van der Waals surface area contributed by atoms with Crippen LogP contribution < -0.4 is 19.2 Å². The summed E-state index contributed by atoms with van der Waals surface area (Å²) in [5, 5.41) is 3.98. The molecule has 3 aromatic rings. The first-order chi connectivity index (χ1) is 17.0. The van der Waals surface area contributed by atoms with Gasteiger partial charge in [-0.3, -0.25) is 9.10 Å². The molecule has 1 fully saturated rings. The van der Waals surface area contributed by atoms with Crippen molar-refractivity contribution in [1.29, 1.82) is 0 Å². The summed E-state index contributed by atoms with van der Waals surface area (Å²) in [6.07, 6.45) is 1.75. The molecule has 0 unspecified atom stereocenters. The lowest BCUT2D eigenvalue weighted by atomic mass is 10.2. The number of hydrogen-bond acceptors (Lipinski definition) is 7. The first-order valence-corrected chi connectivity index (χ1v) is 13.4. The van der Waals surface area contributed by atoms with Gasteiger partial charge in [0.2, 0.25) is 0 Å². The number of ether oxygens (including phenoxy) is 2. The zero-order chi connectivity index (χ0) is 24.7. The van der Waals surface area contributed by atoms with E-state index in [4.69, 9.17) is 9.47 Å². The van der Waals surface area contributed by atoms with E-state index in [1.165, 1.54) is 25.5 Å². The Hall–Kier alpha value is -3.50. The Kier molecular flexibility index (Phi) is 7.94. The van der Waals surface area contributed by atoms with Gasteiger partial charge in [-0.1, -0.05) is 30.3 Å². The fourth-order valence-electron chi connectivity index (χ4n) is 3.31. The number of hydrazone groups is 1. The number of methoxy groups -OCH3 is 1. The maximum Gasteiger partial charge on any atom is 0.264 e. The number of nitrogens with one attached hydrogen (secondary N) is 1. The van der Waals surface area contributed by atoms with Crippen LogP contribution in [0.4, 0.5) is 5.69 Å². The van der Waals surface area contributed by atoms with Gasteiger partial charge >= 0.3 is 0 Å². The third kappa shape index (κ3) is 6.14. The average Bonchev–Trinajstić information content (AvgIpc) is 2.86. The van der Waals surface area contributed by atoms with Gasteiger partial charge in [0, 0.05) is 11.5 Å². The highest BCUT2D eigenvalue weighted by molar-refractivity contribution is 8.00. The van der Waals surface area contributed by atoms with E-state index in [1.807, 2.05) is 36.0 Å². The first-order valence-electron chi connectivity index (χ1n) is 10.8. The van der Waals surface area contributed by atoms with Crippen molar-refractivity contribution in [3.63, 3.8) is 0 Å². The Bertz CT molecular complexity index is 1280. The van der Waals surface area contributed by atoms with E-state index in [0.717, 1.165) is 27.1 Å². The Balaban J connectivity index is 1.47. The van der Waals surface area contributed by atoms with Crippen LogP contribution in [0.25, 0.3) is 0 Å². The molecule has 0 bridgehead atoms. The molecule has 0 spiro atoms. The zero-order valence-electron chi connectivity index (χ0n) is 19.0. The van der Waals surface area contributed by atoms with Gasteiger partial charge in [-0.25, -0.2) is 13.8 Å². The monoisotopic (exact) mass is 511 g/mol. The standard InChI is InChI=1S/C25H25N3O5S2/c1-32-24-10-6-5-9-23(24)28(35(30,31)22-7-3-2-4-8-22)16-25(29)27-26-15-19-11-13-20(14-12-19)33-21-17-34-18-21/h2-15,21H,16-18H2,1H3,(H,27,29)/b26-15+. The summed E-state index contributed by atoms with van der Waals surface area (Å²) in [4.78, 5) is 12.8. The van der Waals surface area contributed by atoms with Crippen molar-refractivity contribution >= 4 is 39.6 Å². The molecule has 0 atom stereocenters. The molecule has 35 heavy (non-hydrogen) atoms. The maximum atomic E-state index is 13.4. The van der Waals surface area contributed by atoms with E-state index in [1.54, 1.807) is 42.5 Å². The van der Waals surface area contributed by atoms with Gasteiger partial charge in [0.15, 0.2) is 0 Å². The molecule has 1 amide bonds. The Morgan fingerprint density at radius 3 is 2.40 bits per heavy atom. The van der Waals surface area contributed by atoms with Crippen molar-refractivity contribution in [2.24, 2.45) is 5.10 Å². The average molecular weight is 512 g/mol. The van der Waals surface area contributed by atoms with Gasteiger partial charge in [-0.15, -0.1) is 0 Å². The lowest BCUT2D eigenvalue weighted by Crippen LogP contribution is -2.39. The van der Waals surface area contributed by atoms with Crippen molar-refractivity contribution in [2.75, 3.05) is 29.5 Å². The normalized spacial score (nSPS) is 13.7. The van der Waals surface area contributed by atoms with Gasteiger partial charge in [0.1, 0.15) is 24.1 Å². The molecular formula is C25H25N3O5S2. The summed E-state index contributed by atoms with van der Waals surface area (Å²) >= 11 is 1.85. The van der Waals surface area contributed by atoms with Gasteiger partial charge in [0.25, 0.3) is 15.9 Å². The van der Waals surface area contributed by atoms with Crippen LogP contribution in [0.3, 0.4) is 0 Å². The maximum absolute atomic E-state index is 13.4. The topological polar surface area (TPSA) is 97.3 Å². The quantitative estimate of drug-likeness (QED) is 0.330. The van der Waals surface area contributed by atoms with Crippen molar-refractivity contribution in [2.45, 2.75) is 11.0 Å². The van der Waals surface area contributed by atoms with E-state index in [-0.39, 0.29) is 16.7 Å². The Morgan fingerprint density at radius 2 is 1.74 bits per heavy atom. The van der Waals surface area contributed by atoms with Gasteiger partial charge in [0.05, 0.1) is 23.9 Å². The minimum absolute atomic E-state index is 0.0602. The number of nitrogens with zero attached hydrogens (tertiary/aromatic N) is 2. The zero-order valence-corrected chi connectivity index (χ0v) is 20.7. The summed E-state index contributed by atoms with van der Waals surface area (Å²) in [6.45, 7) is -0.485. The van der Waals surface area contributed by atoms with Crippen molar-refractivity contribution in [1.82, 2.24) is 5.43 Å². The molecule has 1 aliphatic rings. The van der Waals surface area contributed by atoms with Crippen LogP contribution in [0.1, 0.15) is 5.56 Å². The number of sulfonamides is 1. The third-order valence-corrected chi connectivity index (χ3v) is 8.15. The van der Waals surface area contributed by atoms with Crippen LogP contribution in [-0.2, 0) is 14.8 Å². The van der Waals surface area contributed by atoms with Crippen LogP contribution in [-0.4, -0.2) is 51.8 Å². The Labute approximate surface area is 209 Å². The number of amides is 1. The molecule has 1 heterocycles. The molecule has 10 heteroatoms. The molecule has 0 aliphatic carbocycles. The van der Waals surface area contributed by atoms with E-state index < -0.39 is 22.5 Å². The van der Waals surface area contributed by atoms with E-state index in [2.05, 4.69) is 10.5 Å². The minimum atomic E-state index is -4.05. The Morgan fingerprint density at radius 1 is 1.06 bits per heavy atom. The summed E-state index contributed by atoms with van der Waals surface area (Å²) in [6, 6.07) is 21.9. The van der Waals surface area contributed by atoms with Gasteiger partial charge < -0.3 is 9.47 Å². The smallest absolute Gasteiger partial charge is 0.264 e. The molecule has 0 aromatic heterocycles. The highest BCUT2D eigenvalue weighted by atomic mass is 32.2. The number of anilines is 1. The molecule has 1 N–H and O–H groups in total. The molecule has 182 valence electrons. The second kappa shape index (κ2) is 11.3. The van der Waals surface area contributed by atoms with Crippen LogP contribution >= 0.6 is 11.8 Å². The molecule has 4 rings (SSSR count). The highest BCUT2D eigenvalue weighted by Gasteiger charge is 2.29. The highest BCUT2D eigenvalue weighted by Crippen LogP contribution is 2.32. The van der Waals surface area contributed by atoms with E-state index in [9.17, 15) is 13.2 Å². The number of thioether (sulfide) groups is 1. The molecule has 0 radical (unpaired) electrons. The van der Waals surface area contributed by atoms with Crippen LogP contribution in [0, 0.1) is 0 Å². The first kappa shape index (κ1) is 24.6. The van der Waals surface area contributed by atoms with Crippen LogP contribution in [0.15, 0.2) is 88.9 Å². The van der Waals surface area contributed by atoms with Crippen molar-refractivity contribution < 1.29 is 22.7 Å². The molecular weight excluding hydrogens is 486 g/mol. The molecule has 1 saturated heterocycles. The third-order valence-electron chi connectivity index (χ3n) is 5.17. The lowest BCUT2D eigenvalue weighted by Gasteiger charge is -2.25. The lowest BCUT2D eigenvalue weighted by molar-refractivity contribution is -0.119. The summed E-state index contributed by atoms with van der Waals surface area (Å²) in [7, 11) is -2.60. The summed E-state index contributed by atoms with van der Waals surface area (Å²) in [5.41, 5.74) is 3.42. The molecule has 0 saturated carbocycles. The molecule has 8 nitrogen and oxygen atoms in total. The number of rotatable bonds is 10. The fraction of sp³-hybridized carbons (Fsp3) is 0.200. The SMILES string of the molecule is COc1ccccc1N(CC(=O)N/N=C/c1ccc(OC2CSC2)cc1)S(=O)(=O)c1ccccc1. The number of hydrogen-bond donors (Lipinski definition) is 1. The second-order valence-corrected chi connectivity index (χ2v) is 10.6. The van der Waals surface area contributed by atoms with Gasteiger partial charge in [-0.2, -0.15) is 16.9 Å². The second-order valence-electron chi connectivity index (χ2n) is 7.64. The minimum Gasteiger partial charge on any atom is -0.495 e. The molecule has 3 aromatic carbocycles. The summed E-state index contributed by atoms with van der Waals surface area (Å²) < 4.78 is 39.0. The number of carbonyl (C=O) groups is 1. The summed E-state index contributed by atoms with van der Waals surface area (Å²) in [5.74, 6) is 2.51. The fourth-order valence-corrected chi connectivity index (χ4v) is 5.32. The number of benzene rings is 3. The number of carbonyl (C=O) groups excluding carboxylic acids is 1. The number of para-hydroxylation sites is 2. The largest absolute Gasteiger partial charge is 0.495 e. The van der Waals surface area contributed by atoms with Crippen LogP contribution in [0.2, 0.25) is 0 Å². The van der Waals surface area contributed by atoms with Crippen molar-refractivity contribution in [3.8, 4) is 11.5 Å². The molecule has 1 aliphatic heterocycles.